The van der Waals surface area contributed by atoms with Crippen molar-refractivity contribution < 1.29 is 135 Å². The Bertz CT molecular complexity index is 152. The molecule has 0 unspecified atom stereocenters. The van der Waals surface area contributed by atoms with E-state index in [1.807, 2.05) is 0 Å². The van der Waals surface area contributed by atoms with Gasteiger partial charge in [0.15, 0.2) is 0 Å². The Morgan fingerprint density at radius 3 is 0.667 bits per heavy atom. The predicted octanol–water partition coefficient (Wildman–Crippen LogP) is -10.5. The zero-order valence-corrected chi connectivity index (χ0v) is 12.5. The molecule has 0 aliphatic heterocycles. The molecule has 0 spiro atoms. The minimum absolute atomic E-state index is 0. The molecular weight excluding hydrogens is 318 g/mol. The van der Waals surface area contributed by atoms with Crippen molar-refractivity contribution in [3.05, 3.63) is 0 Å². The summed E-state index contributed by atoms with van der Waals surface area (Å²) >= 11 is 0. The van der Waals surface area contributed by atoms with Gasteiger partial charge in [0.25, 0.3) is 0 Å². The summed E-state index contributed by atoms with van der Waals surface area (Å²) < 4.78 is 17.8. The van der Waals surface area contributed by atoms with Gasteiger partial charge in [-0.2, -0.15) is 0 Å². The Hall–Kier alpha value is 3.12. The van der Waals surface area contributed by atoms with E-state index in [2.05, 4.69) is 0 Å². The predicted molar refractivity (Wildman–Crippen MR) is 31.9 cm³/mol. The van der Waals surface area contributed by atoms with E-state index in [-0.39, 0.29) is 96.5 Å². The van der Waals surface area contributed by atoms with Crippen LogP contribution >= 0.6 is 15.6 Å². The second-order valence-electron chi connectivity index (χ2n) is 1.03. The van der Waals surface area contributed by atoms with E-state index < -0.39 is 15.6 Å². The average Bonchev–Trinajstić information content (AvgIpc) is 1.12. The van der Waals surface area contributed by atoms with Gasteiger partial charge in [-0.1, -0.05) is 0 Å². The molecule has 15 heteroatoms. The van der Waals surface area contributed by atoms with Crippen LogP contribution in [0.5, 0.6) is 0 Å². The van der Waals surface area contributed by atoms with Gasteiger partial charge in [-0.25, -0.2) is 9.13 Å². The number of hydrogen-bond donors (Lipinski definition) is 6. The summed E-state index contributed by atoms with van der Waals surface area (Å²) in [6.45, 7) is 0. The van der Waals surface area contributed by atoms with E-state index in [0.717, 1.165) is 0 Å². The Morgan fingerprint density at radius 1 is 0.667 bits per heavy atom. The summed E-state index contributed by atoms with van der Waals surface area (Å²) in [7, 11) is -9.28. The second-order valence-corrected chi connectivity index (χ2v) is 3.08. The first-order chi connectivity index (χ1) is 4.00. The van der Waals surface area contributed by atoms with Gasteiger partial charge in [-0.05, 0) is 0 Å². The van der Waals surface area contributed by atoms with E-state index in [1.54, 1.807) is 0 Å². The maximum Gasteiger partial charge on any atom is 1.00 e. The quantitative estimate of drug-likeness (QED) is 0.189. The second kappa shape index (κ2) is 19.5. The summed E-state index contributed by atoms with van der Waals surface area (Å²) in [4.78, 5) is 43.1. The first-order valence-corrected chi connectivity index (χ1v) is 4.70. The largest absolute Gasteiger partial charge is 1.00 e. The molecule has 0 fully saturated rings. The van der Waals surface area contributed by atoms with Crippen LogP contribution in [0.3, 0.4) is 0 Å². The summed E-state index contributed by atoms with van der Waals surface area (Å²) in [5.74, 6) is 0. The fraction of sp³-hybridized carbons (Fsp3) is 0. The van der Waals surface area contributed by atoms with Crippen LogP contribution in [0.4, 0.5) is 0 Å². The molecule has 0 aliphatic rings. The average molecular weight is 327 g/mol. The smallest absolute Gasteiger partial charge is 1.00 e. The summed E-state index contributed by atoms with van der Waals surface area (Å²) in [5.41, 5.74) is 0. The maximum absolute atomic E-state index is 8.88. The molecule has 0 aromatic carbocycles. The van der Waals surface area contributed by atoms with Gasteiger partial charge in [0, 0.05) is 35.6 Å². The number of rotatable bonds is 0. The van der Waals surface area contributed by atoms with Gasteiger partial charge in [0.05, 0.1) is 0 Å². The maximum atomic E-state index is 8.88. The Balaban J connectivity index is -0.00000000615. The van der Waals surface area contributed by atoms with Crippen LogP contribution in [-0.4, -0.2) is 29.4 Å². The number of hydrogen-bond acceptors (Lipinski definition) is 2. The molecule has 0 rings (SSSR count). The molecule has 1 radical (unpaired) electrons. The third kappa shape index (κ3) is 403. The third-order valence-corrected chi connectivity index (χ3v) is 0. The van der Waals surface area contributed by atoms with Crippen LogP contribution in [0.2, 0.25) is 0 Å². The molecule has 0 aromatic heterocycles. The molecule has 0 heterocycles. The van der Waals surface area contributed by atoms with Crippen molar-refractivity contribution in [3.8, 4) is 0 Å². The summed E-state index contributed by atoms with van der Waals surface area (Å²) in [6.07, 6.45) is 0. The normalized spacial score (nSPS) is 7.87. The summed E-state index contributed by atoms with van der Waals surface area (Å²) in [5, 5.41) is 0. The standard InChI is InChI=1S/Fe.3Li.2H3O4P.V.3H/c;;;;2*1-5(2,3)4;;;;/h;;;;2*(H3,1,2,3,4);;;;/q;3*+1;;;;3*-1. The van der Waals surface area contributed by atoms with Gasteiger partial charge in [-0.15, -0.1) is 0 Å². The van der Waals surface area contributed by atoms with Crippen LogP contribution in [0.25, 0.3) is 0 Å². The van der Waals surface area contributed by atoms with Gasteiger partial charge < -0.3 is 33.6 Å². The summed E-state index contributed by atoms with van der Waals surface area (Å²) in [6, 6.07) is 0. The topological polar surface area (TPSA) is 156 Å². The van der Waals surface area contributed by atoms with Crippen molar-refractivity contribution in [2.75, 3.05) is 0 Å². The Labute approximate surface area is 149 Å². The molecule has 0 bridgehead atoms. The molecular formula is H9FeLi3O8P2V. The Morgan fingerprint density at radius 2 is 0.667 bits per heavy atom. The third-order valence-electron chi connectivity index (χ3n) is 0. The van der Waals surface area contributed by atoms with E-state index >= 15 is 0 Å². The minimum Gasteiger partial charge on any atom is -1.00 e. The van der Waals surface area contributed by atoms with Crippen molar-refractivity contribution in [2.24, 2.45) is 0 Å². The van der Waals surface area contributed by atoms with Crippen LogP contribution in [0.15, 0.2) is 0 Å². The van der Waals surface area contributed by atoms with Crippen molar-refractivity contribution in [1.29, 1.82) is 0 Å². The molecule has 0 aromatic rings. The molecule has 83 valence electrons. The van der Waals surface area contributed by atoms with E-state index in [1.165, 1.54) is 0 Å². The monoisotopic (exact) mass is 327 g/mol. The fourth-order valence-electron chi connectivity index (χ4n) is 0. The molecule has 15 heavy (non-hydrogen) atoms. The van der Waals surface area contributed by atoms with Gasteiger partial charge >= 0.3 is 72.2 Å². The SMILES string of the molecule is O=P(O)(O)O.O=P(O)(O)O.[Fe].[H-].[H-].[H-].[Li+].[Li+].[Li+].[V]. The fourth-order valence-corrected chi connectivity index (χ4v) is 0. The molecule has 0 amide bonds. The van der Waals surface area contributed by atoms with Crippen LogP contribution in [0.1, 0.15) is 4.28 Å². The molecule has 8 nitrogen and oxygen atoms in total. The molecule has 0 aliphatic carbocycles. The molecule has 0 saturated carbocycles. The van der Waals surface area contributed by atoms with E-state index in [0.29, 0.717) is 0 Å². The van der Waals surface area contributed by atoms with E-state index in [9.17, 15) is 0 Å². The zero-order chi connectivity index (χ0) is 9.00. The van der Waals surface area contributed by atoms with E-state index in [4.69, 9.17) is 38.5 Å². The van der Waals surface area contributed by atoms with Crippen molar-refractivity contribution in [2.45, 2.75) is 0 Å². The van der Waals surface area contributed by atoms with Crippen molar-refractivity contribution in [3.63, 3.8) is 0 Å². The first-order valence-electron chi connectivity index (χ1n) is 1.57. The molecule has 0 saturated heterocycles. The molecule has 0 atom stereocenters. The van der Waals surface area contributed by atoms with Gasteiger partial charge in [0.1, 0.15) is 0 Å². The molecule has 6 N–H and O–H groups in total. The van der Waals surface area contributed by atoms with Crippen LogP contribution < -0.4 is 56.6 Å². The zero-order valence-electron chi connectivity index (χ0n) is 11.2. The van der Waals surface area contributed by atoms with Crippen molar-refractivity contribution >= 4 is 15.6 Å². The Kier molecular flexibility index (Phi) is 55.7. The van der Waals surface area contributed by atoms with Gasteiger partial charge in [0.2, 0.25) is 0 Å². The first kappa shape index (κ1) is 43.0. The van der Waals surface area contributed by atoms with Crippen LogP contribution in [-0.2, 0) is 44.8 Å². The minimum atomic E-state index is -4.64. The van der Waals surface area contributed by atoms with Gasteiger partial charge in [-0.3, -0.25) is 0 Å². The number of phosphoric acid groups is 2. The van der Waals surface area contributed by atoms with Crippen molar-refractivity contribution in [1.82, 2.24) is 0 Å². The van der Waals surface area contributed by atoms with Crippen LogP contribution in [0, 0.1) is 0 Å².